The van der Waals surface area contributed by atoms with Gasteiger partial charge in [-0.05, 0) is 30.7 Å². The molecule has 0 N–H and O–H groups in total. The molecule has 0 fully saturated rings. The first-order chi connectivity index (χ1) is 14.0. The van der Waals surface area contributed by atoms with Crippen LogP contribution in [0.25, 0.3) is 16.3 Å². The summed E-state index contributed by atoms with van der Waals surface area (Å²) in [5.41, 5.74) is 1.20. The van der Waals surface area contributed by atoms with Crippen LogP contribution in [0.3, 0.4) is 0 Å². The van der Waals surface area contributed by atoms with Gasteiger partial charge < -0.3 is 4.74 Å². The van der Waals surface area contributed by atoms with Crippen molar-refractivity contribution in [2.24, 2.45) is 0 Å². The summed E-state index contributed by atoms with van der Waals surface area (Å²) < 4.78 is 5.97. The molecule has 8 nitrogen and oxygen atoms in total. The van der Waals surface area contributed by atoms with Gasteiger partial charge in [0.05, 0.1) is 15.1 Å². The van der Waals surface area contributed by atoms with E-state index in [1.54, 1.807) is 6.07 Å². The lowest BCUT2D eigenvalue weighted by Gasteiger charge is -2.17. The van der Waals surface area contributed by atoms with Crippen LogP contribution in [0.1, 0.15) is 12.5 Å². The third kappa shape index (κ3) is 5.02. The Balaban J connectivity index is 1.60. The van der Waals surface area contributed by atoms with Gasteiger partial charge in [-0.1, -0.05) is 35.6 Å². The van der Waals surface area contributed by atoms with E-state index in [1.165, 1.54) is 40.5 Å². The molecular formula is C20H17N3O5S. The standard InChI is InChI=1S/C20H17N3O5S/c1-2-22(20-21-16-8-3-4-9-17(16)29-20)18(24)13-28-19(25)11-10-14-6-5-7-15(12-14)23(26)27/h3-12H,2,13H2,1H3/b11-10+. The zero-order valence-corrected chi connectivity index (χ0v) is 16.3. The molecule has 0 aliphatic heterocycles. The number of nitro benzene ring substituents is 1. The quantitative estimate of drug-likeness (QED) is 0.253. The predicted octanol–water partition coefficient (Wildman–Crippen LogP) is 3.81. The number of likely N-dealkylation sites (N-methyl/N-ethyl adjacent to an activating group) is 1. The molecule has 9 heteroatoms. The minimum atomic E-state index is -0.717. The van der Waals surface area contributed by atoms with Gasteiger partial charge in [0.1, 0.15) is 0 Å². The van der Waals surface area contributed by atoms with E-state index < -0.39 is 17.5 Å². The highest BCUT2D eigenvalue weighted by Gasteiger charge is 2.19. The summed E-state index contributed by atoms with van der Waals surface area (Å²) in [5, 5.41) is 11.3. The van der Waals surface area contributed by atoms with E-state index in [-0.39, 0.29) is 11.6 Å². The number of rotatable bonds is 7. The lowest BCUT2D eigenvalue weighted by Crippen LogP contribution is -2.34. The summed E-state index contributed by atoms with van der Waals surface area (Å²) in [6, 6.07) is 13.4. The molecule has 1 amide bonds. The molecule has 0 aliphatic carbocycles. The maximum Gasteiger partial charge on any atom is 0.331 e. The summed E-state index contributed by atoms with van der Waals surface area (Å²) in [5.74, 6) is -1.10. The van der Waals surface area contributed by atoms with Crippen LogP contribution >= 0.6 is 11.3 Å². The van der Waals surface area contributed by atoms with E-state index in [0.29, 0.717) is 17.2 Å². The largest absolute Gasteiger partial charge is 0.452 e. The topological polar surface area (TPSA) is 103 Å². The molecule has 0 saturated heterocycles. The number of para-hydroxylation sites is 1. The van der Waals surface area contributed by atoms with E-state index in [9.17, 15) is 19.7 Å². The number of thiazole rings is 1. The van der Waals surface area contributed by atoms with E-state index in [0.717, 1.165) is 16.3 Å². The minimum Gasteiger partial charge on any atom is -0.452 e. The number of non-ortho nitro benzene ring substituents is 1. The molecule has 0 aliphatic rings. The van der Waals surface area contributed by atoms with Crippen molar-refractivity contribution in [3.05, 3.63) is 70.3 Å². The van der Waals surface area contributed by atoms with Crippen LogP contribution in [0, 0.1) is 10.1 Å². The number of anilines is 1. The number of carbonyl (C=O) groups excluding carboxylic acids is 2. The monoisotopic (exact) mass is 411 g/mol. The summed E-state index contributed by atoms with van der Waals surface area (Å²) in [7, 11) is 0. The Kier molecular flexibility index (Phi) is 6.30. The second-order valence-electron chi connectivity index (χ2n) is 5.90. The number of esters is 1. The molecule has 1 aromatic heterocycles. The Morgan fingerprint density at radius 2 is 2.03 bits per heavy atom. The summed E-state index contributed by atoms with van der Waals surface area (Å²) >= 11 is 1.39. The Morgan fingerprint density at radius 3 is 2.76 bits per heavy atom. The lowest BCUT2D eigenvalue weighted by molar-refractivity contribution is -0.384. The second kappa shape index (κ2) is 9.07. The predicted molar refractivity (Wildman–Crippen MR) is 111 cm³/mol. The fourth-order valence-corrected chi connectivity index (χ4v) is 3.61. The molecule has 3 rings (SSSR count). The van der Waals surface area contributed by atoms with Gasteiger partial charge in [0.25, 0.3) is 11.6 Å². The van der Waals surface area contributed by atoms with Crippen LogP contribution in [0.15, 0.2) is 54.6 Å². The van der Waals surface area contributed by atoms with Crippen LogP contribution in [0.5, 0.6) is 0 Å². The highest BCUT2D eigenvalue weighted by Crippen LogP contribution is 2.28. The first kappa shape index (κ1) is 20.2. The number of nitrogens with zero attached hydrogens (tertiary/aromatic N) is 3. The van der Waals surface area contributed by atoms with Crippen molar-refractivity contribution >= 4 is 50.3 Å². The SMILES string of the molecule is CCN(C(=O)COC(=O)/C=C/c1cccc([N+](=O)[O-])c1)c1nc2ccccc2s1. The van der Waals surface area contributed by atoms with Crippen molar-refractivity contribution in [3.63, 3.8) is 0 Å². The Labute approximate surface area is 170 Å². The van der Waals surface area contributed by atoms with Gasteiger partial charge >= 0.3 is 5.97 Å². The number of hydrogen-bond donors (Lipinski definition) is 0. The average molecular weight is 411 g/mol. The van der Waals surface area contributed by atoms with Crippen molar-refractivity contribution in [1.29, 1.82) is 0 Å². The van der Waals surface area contributed by atoms with Crippen molar-refractivity contribution in [2.45, 2.75) is 6.92 Å². The molecule has 29 heavy (non-hydrogen) atoms. The number of hydrogen-bond acceptors (Lipinski definition) is 7. The number of carbonyl (C=O) groups is 2. The van der Waals surface area contributed by atoms with Gasteiger partial charge in [0.2, 0.25) is 0 Å². The third-order valence-electron chi connectivity index (χ3n) is 3.96. The third-order valence-corrected chi connectivity index (χ3v) is 5.02. The highest BCUT2D eigenvalue weighted by molar-refractivity contribution is 7.22. The number of aromatic nitrogens is 1. The molecule has 2 aromatic carbocycles. The fourth-order valence-electron chi connectivity index (χ4n) is 2.56. The second-order valence-corrected chi connectivity index (χ2v) is 6.90. The minimum absolute atomic E-state index is 0.0786. The van der Waals surface area contributed by atoms with Crippen LogP contribution < -0.4 is 4.90 Å². The molecule has 0 radical (unpaired) electrons. The number of nitro groups is 1. The van der Waals surface area contributed by atoms with Gasteiger partial charge in [-0.3, -0.25) is 19.8 Å². The van der Waals surface area contributed by atoms with Crippen molar-refractivity contribution in [1.82, 2.24) is 4.98 Å². The van der Waals surface area contributed by atoms with Crippen LogP contribution in [0.4, 0.5) is 10.8 Å². The van der Waals surface area contributed by atoms with E-state index >= 15 is 0 Å². The first-order valence-corrected chi connectivity index (χ1v) is 9.55. The molecular weight excluding hydrogens is 394 g/mol. The van der Waals surface area contributed by atoms with Gasteiger partial charge in [0.15, 0.2) is 11.7 Å². The van der Waals surface area contributed by atoms with E-state index in [4.69, 9.17) is 4.74 Å². The van der Waals surface area contributed by atoms with Crippen molar-refractivity contribution in [2.75, 3.05) is 18.1 Å². The first-order valence-electron chi connectivity index (χ1n) is 8.73. The number of ether oxygens (including phenoxy) is 1. The fraction of sp³-hybridized carbons (Fsp3) is 0.150. The molecule has 0 atom stereocenters. The normalized spacial score (nSPS) is 10.9. The molecule has 0 spiro atoms. The molecule has 0 saturated carbocycles. The zero-order chi connectivity index (χ0) is 20.8. The summed E-state index contributed by atoms with van der Waals surface area (Å²) in [6.07, 6.45) is 2.52. The van der Waals surface area contributed by atoms with Crippen LogP contribution in [0.2, 0.25) is 0 Å². The van der Waals surface area contributed by atoms with Crippen LogP contribution in [-0.4, -0.2) is 34.9 Å². The van der Waals surface area contributed by atoms with E-state index in [1.807, 2.05) is 31.2 Å². The smallest absolute Gasteiger partial charge is 0.331 e. The van der Waals surface area contributed by atoms with Gasteiger partial charge in [-0.2, -0.15) is 0 Å². The number of fused-ring (bicyclic) bond motifs is 1. The number of benzene rings is 2. The Hall–Kier alpha value is -3.59. The van der Waals surface area contributed by atoms with Crippen LogP contribution in [-0.2, 0) is 14.3 Å². The molecule has 148 valence electrons. The van der Waals surface area contributed by atoms with Crippen molar-refractivity contribution < 1.29 is 19.2 Å². The van der Waals surface area contributed by atoms with Crippen molar-refractivity contribution in [3.8, 4) is 0 Å². The zero-order valence-electron chi connectivity index (χ0n) is 15.5. The van der Waals surface area contributed by atoms with Gasteiger partial charge in [-0.25, -0.2) is 9.78 Å². The Bertz CT molecular complexity index is 1060. The Morgan fingerprint density at radius 1 is 1.24 bits per heavy atom. The maximum atomic E-state index is 12.5. The molecule has 0 bridgehead atoms. The highest BCUT2D eigenvalue weighted by atomic mass is 32.1. The van der Waals surface area contributed by atoms with E-state index in [2.05, 4.69) is 4.98 Å². The molecule has 3 aromatic rings. The average Bonchev–Trinajstić information content (AvgIpc) is 3.15. The van der Waals surface area contributed by atoms with Gasteiger partial charge in [-0.15, -0.1) is 0 Å². The summed E-state index contributed by atoms with van der Waals surface area (Å²) in [4.78, 5) is 40.5. The molecule has 0 unspecified atom stereocenters. The molecule has 1 heterocycles. The van der Waals surface area contributed by atoms with Gasteiger partial charge in [0, 0.05) is 24.8 Å². The number of amides is 1. The summed E-state index contributed by atoms with van der Waals surface area (Å²) in [6.45, 7) is 1.77. The maximum absolute atomic E-state index is 12.5. The lowest BCUT2D eigenvalue weighted by atomic mass is 10.2.